The van der Waals surface area contributed by atoms with E-state index in [9.17, 15) is 0 Å². The number of nitrogens with zero attached hydrogens (tertiary/aromatic N) is 1. The maximum Gasteiger partial charge on any atom is 0.114 e. The lowest BCUT2D eigenvalue weighted by molar-refractivity contribution is 0.0999. The Morgan fingerprint density at radius 3 is 2.67 bits per heavy atom. The van der Waals surface area contributed by atoms with E-state index in [1.54, 1.807) is 0 Å². The van der Waals surface area contributed by atoms with Gasteiger partial charge in [0, 0.05) is 4.88 Å². The number of thiazole rings is 1. The summed E-state index contributed by atoms with van der Waals surface area (Å²) in [4.78, 5) is 6.48. The molecule has 2 unspecified atom stereocenters. The smallest absolute Gasteiger partial charge is 0.114 e. The highest BCUT2D eigenvalue weighted by Gasteiger charge is 2.45. The first-order valence-electron chi connectivity index (χ1n) is 8.77. The highest BCUT2D eigenvalue weighted by atomic mass is 32.1. The van der Waals surface area contributed by atoms with E-state index in [0.717, 1.165) is 13.0 Å². The molecule has 1 N–H and O–H groups in total. The Kier molecular flexibility index (Phi) is 5.84. The van der Waals surface area contributed by atoms with Crippen molar-refractivity contribution in [1.29, 1.82) is 0 Å². The lowest BCUT2D eigenvalue weighted by Gasteiger charge is -2.46. The summed E-state index contributed by atoms with van der Waals surface area (Å²) in [5, 5.41) is 5.31. The molecular formula is C18H32N2S. The molecule has 0 aliphatic heterocycles. The highest BCUT2D eigenvalue weighted by Crippen LogP contribution is 2.46. The predicted molar refractivity (Wildman–Crippen MR) is 93.0 cm³/mol. The molecule has 0 bridgehead atoms. The fourth-order valence-corrected chi connectivity index (χ4v) is 5.22. The minimum absolute atomic E-state index is 0.130. The van der Waals surface area contributed by atoms with Crippen LogP contribution in [0, 0.1) is 18.8 Å². The van der Waals surface area contributed by atoms with Gasteiger partial charge in [-0.05, 0) is 51.0 Å². The van der Waals surface area contributed by atoms with Crippen LogP contribution in [-0.4, -0.2) is 11.5 Å². The van der Waals surface area contributed by atoms with Gasteiger partial charge >= 0.3 is 0 Å². The summed E-state index contributed by atoms with van der Waals surface area (Å²) >= 11 is 1.94. The average Bonchev–Trinajstić information content (AvgIpc) is 2.86. The number of aromatic nitrogens is 1. The van der Waals surface area contributed by atoms with E-state index in [2.05, 4.69) is 39.9 Å². The lowest BCUT2D eigenvalue weighted by Crippen LogP contribution is -2.52. The largest absolute Gasteiger partial charge is 0.305 e. The summed E-state index contributed by atoms with van der Waals surface area (Å²) in [7, 11) is 0. The molecule has 1 heterocycles. The van der Waals surface area contributed by atoms with Gasteiger partial charge in [-0.15, -0.1) is 11.3 Å². The van der Waals surface area contributed by atoms with Crippen molar-refractivity contribution >= 4 is 11.3 Å². The third kappa shape index (κ3) is 3.34. The summed E-state index contributed by atoms with van der Waals surface area (Å²) in [6, 6.07) is 0. The molecule has 1 aromatic rings. The van der Waals surface area contributed by atoms with Crippen molar-refractivity contribution in [2.24, 2.45) is 11.8 Å². The van der Waals surface area contributed by atoms with E-state index in [-0.39, 0.29) is 5.54 Å². The van der Waals surface area contributed by atoms with Crippen molar-refractivity contribution in [3.8, 4) is 0 Å². The third-order valence-electron chi connectivity index (χ3n) is 5.07. The van der Waals surface area contributed by atoms with E-state index >= 15 is 0 Å². The first kappa shape index (κ1) is 17.0. The monoisotopic (exact) mass is 308 g/mol. The van der Waals surface area contributed by atoms with Gasteiger partial charge in [0.05, 0.1) is 11.2 Å². The number of hydrogen-bond acceptors (Lipinski definition) is 3. The Bertz CT molecular complexity index is 452. The zero-order valence-electron chi connectivity index (χ0n) is 14.5. The molecule has 2 nitrogen and oxygen atoms in total. The molecule has 1 aliphatic rings. The Balaban J connectivity index is 2.42. The van der Waals surface area contributed by atoms with Gasteiger partial charge in [0.25, 0.3) is 0 Å². The zero-order chi connectivity index (χ0) is 15.5. The van der Waals surface area contributed by atoms with Crippen LogP contribution >= 0.6 is 11.3 Å². The molecule has 120 valence electrons. The van der Waals surface area contributed by atoms with Gasteiger partial charge in [0.1, 0.15) is 5.01 Å². The molecule has 1 fully saturated rings. The van der Waals surface area contributed by atoms with Gasteiger partial charge < -0.3 is 5.32 Å². The van der Waals surface area contributed by atoms with E-state index in [0.29, 0.717) is 11.8 Å². The lowest BCUT2D eigenvalue weighted by atomic mass is 9.68. The van der Waals surface area contributed by atoms with E-state index in [4.69, 9.17) is 4.98 Å². The van der Waals surface area contributed by atoms with Crippen molar-refractivity contribution in [2.45, 2.75) is 78.7 Å². The van der Waals surface area contributed by atoms with Gasteiger partial charge in [-0.3, -0.25) is 0 Å². The molecular weight excluding hydrogens is 276 g/mol. The molecule has 0 saturated heterocycles. The quantitative estimate of drug-likeness (QED) is 0.795. The summed E-state index contributed by atoms with van der Waals surface area (Å²) in [6.07, 6.45) is 7.56. The molecule has 0 amide bonds. The second-order valence-electron chi connectivity index (χ2n) is 6.87. The van der Waals surface area contributed by atoms with E-state index in [1.807, 2.05) is 11.3 Å². The van der Waals surface area contributed by atoms with Crippen molar-refractivity contribution < 1.29 is 0 Å². The standard InChI is InChI=1S/C18H32N2S/c1-6-12-19-18(11-9-8-10-15(18)13(3)4)17-20-16(7-2)14(5)21-17/h13,15,19H,6-12H2,1-5H3. The molecule has 21 heavy (non-hydrogen) atoms. The van der Waals surface area contributed by atoms with Crippen LogP contribution in [0.1, 0.15) is 75.4 Å². The predicted octanol–water partition coefficient (Wildman–Crippen LogP) is 5.06. The molecule has 1 aromatic heterocycles. The molecule has 1 saturated carbocycles. The van der Waals surface area contributed by atoms with Crippen LogP contribution in [0.2, 0.25) is 0 Å². The summed E-state index contributed by atoms with van der Waals surface area (Å²) < 4.78 is 0. The Morgan fingerprint density at radius 2 is 2.10 bits per heavy atom. The molecule has 2 rings (SSSR count). The first-order chi connectivity index (χ1) is 10.0. The Morgan fingerprint density at radius 1 is 1.33 bits per heavy atom. The van der Waals surface area contributed by atoms with Gasteiger partial charge in [-0.1, -0.05) is 40.5 Å². The van der Waals surface area contributed by atoms with Crippen molar-refractivity contribution in [3.63, 3.8) is 0 Å². The van der Waals surface area contributed by atoms with Crippen LogP contribution in [0.5, 0.6) is 0 Å². The van der Waals surface area contributed by atoms with Crippen molar-refractivity contribution in [1.82, 2.24) is 10.3 Å². The summed E-state index contributed by atoms with van der Waals surface area (Å²) in [5.41, 5.74) is 1.44. The first-order valence-corrected chi connectivity index (χ1v) is 9.58. The minimum atomic E-state index is 0.130. The van der Waals surface area contributed by atoms with E-state index in [1.165, 1.54) is 47.7 Å². The molecule has 0 spiro atoms. The summed E-state index contributed by atoms with van der Waals surface area (Å²) in [6.45, 7) is 12.6. The molecule has 0 radical (unpaired) electrons. The SMILES string of the molecule is CCCNC1(c2nc(CC)c(C)s2)CCCCC1C(C)C. The maximum atomic E-state index is 5.07. The number of hydrogen-bond donors (Lipinski definition) is 1. The van der Waals surface area contributed by atoms with Crippen LogP contribution in [0.3, 0.4) is 0 Å². The molecule has 0 aromatic carbocycles. The van der Waals surface area contributed by atoms with Crippen molar-refractivity contribution in [2.75, 3.05) is 6.54 Å². The third-order valence-corrected chi connectivity index (χ3v) is 6.26. The fourth-order valence-electron chi connectivity index (χ4n) is 3.96. The number of nitrogens with one attached hydrogen (secondary N) is 1. The second-order valence-corrected chi connectivity index (χ2v) is 8.07. The van der Waals surface area contributed by atoms with Crippen LogP contribution in [0.4, 0.5) is 0 Å². The van der Waals surface area contributed by atoms with Crippen LogP contribution in [0.25, 0.3) is 0 Å². The van der Waals surface area contributed by atoms with Gasteiger partial charge in [0.2, 0.25) is 0 Å². The van der Waals surface area contributed by atoms with Crippen LogP contribution in [0.15, 0.2) is 0 Å². The fraction of sp³-hybridized carbons (Fsp3) is 0.833. The Hall–Kier alpha value is -0.410. The number of rotatable bonds is 6. The highest BCUT2D eigenvalue weighted by molar-refractivity contribution is 7.11. The van der Waals surface area contributed by atoms with Gasteiger partial charge in [-0.25, -0.2) is 4.98 Å². The molecule has 2 atom stereocenters. The van der Waals surface area contributed by atoms with Gasteiger partial charge in [-0.2, -0.15) is 0 Å². The zero-order valence-corrected chi connectivity index (χ0v) is 15.3. The van der Waals surface area contributed by atoms with E-state index < -0.39 is 0 Å². The topological polar surface area (TPSA) is 24.9 Å². The normalized spacial score (nSPS) is 26.5. The van der Waals surface area contributed by atoms with Gasteiger partial charge in [0.15, 0.2) is 0 Å². The molecule has 3 heteroatoms. The average molecular weight is 309 g/mol. The van der Waals surface area contributed by atoms with Crippen LogP contribution < -0.4 is 5.32 Å². The minimum Gasteiger partial charge on any atom is -0.305 e. The second kappa shape index (κ2) is 7.23. The maximum absolute atomic E-state index is 5.07. The molecule has 1 aliphatic carbocycles. The number of aryl methyl sites for hydroxylation is 2. The Labute approximate surface area is 134 Å². The summed E-state index contributed by atoms with van der Waals surface area (Å²) in [5.74, 6) is 1.43. The van der Waals surface area contributed by atoms with Crippen molar-refractivity contribution in [3.05, 3.63) is 15.6 Å². The van der Waals surface area contributed by atoms with Crippen LogP contribution in [-0.2, 0) is 12.0 Å².